The van der Waals surface area contributed by atoms with Crippen molar-refractivity contribution in [1.29, 1.82) is 0 Å². The number of ether oxygens (including phenoxy) is 1. The van der Waals surface area contributed by atoms with Crippen LogP contribution in [0.2, 0.25) is 0 Å². The molecule has 0 aliphatic heterocycles. The fraction of sp³-hybridized carbons (Fsp3) is 0.727. The van der Waals surface area contributed by atoms with Crippen molar-refractivity contribution >= 4 is 17.6 Å². The number of allylic oxidation sites excluding steroid dienone is 2. The predicted octanol–water partition coefficient (Wildman–Crippen LogP) is 2.90. The highest BCUT2D eigenvalue weighted by Crippen LogP contribution is 2.50. The van der Waals surface area contributed by atoms with Gasteiger partial charge in [-0.25, -0.2) is 0 Å². The van der Waals surface area contributed by atoms with Crippen molar-refractivity contribution in [2.24, 2.45) is 5.41 Å². The molecule has 0 aromatic rings. The minimum atomic E-state index is -0.155. The average Bonchev–Trinajstić information content (AvgIpc) is 2.97. The molecule has 0 spiro atoms. The van der Waals surface area contributed by atoms with Crippen molar-refractivity contribution in [3.8, 4) is 0 Å². The van der Waals surface area contributed by atoms with Gasteiger partial charge in [0.25, 0.3) is 0 Å². The molecular formula is C11H17ClO2. The van der Waals surface area contributed by atoms with Gasteiger partial charge in [0.15, 0.2) is 0 Å². The zero-order valence-corrected chi connectivity index (χ0v) is 9.56. The summed E-state index contributed by atoms with van der Waals surface area (Å²) in [6, 6.07) is 0. The van der Waals surface area contributed by atoms with Gasteiger partial charge in [-0.3, -0.25) is 4.79 Å². The van der Waals surface area contributed by atoms with Crippen LogP contribution in [0.5, 0.6) is 0 Å². The van der Waals surface area contributed by atoms with Crippen LogP contribution in [-0.4, -0.2) is 19.0 Å². The molecule has 0 radical (unpaired) electrons. The van der Waals surface area contributed by atoms with Crippen molar-refractivity contribution in [3.63, 3.8) is 0 Å². The Labute approximate surface area is 90.3 Å². The first-order valence-corrected chi connectivity index (χ1v) is 5.48. The standard InChI is InChI=1S/C11H17ClO2/c1-9(8-12)4-3-5-11(6-7-11)10(13)14-2/h4H,3,5-8H2,1-2H3/b9-4-. The van der Waals surface area contributed by atoms with Crippen LogP contribution in [0.15, 0.2) is 11.6 Å². The summed E-state index contributed by atoms with van der Waals surface area (Å²) in [5, 5.41) is 0. The third kappa shape index (κ3) is 2.74. The number of alkyl halides is 1. The molecule has 0 N–H and O–H groups in total. The van der Waals surface area contributed by atoms with Crippen molar-refractivity contribution < 1.29 is 9.53 Å². The summed E-state index contributed by atoms with van der Waals surface area (Å²) in [4.78, 5) is 11.4. The Morgan fingerprint density at radius 3 is 2.64 bits per heavy atom. The van der Waals surface area contributed by atoms with E-state index in [4.69, 9.17) is 16.3 Å². The van der Waals surface area contributed by atoms with Gasteiger partial charge in [-0.2, -0.15) is 0 Å². The molecule has 80 valence electrons. The molecule has 0 bridgehead atoms. The molecule has 1 rings (SSSR count). The highest BCUT2D eigenvalue weighted by atomic mass is 35.5. The molecule has 1 aliphatic carbocycles. The van der Waals surface area contributed by atoms with Gasteiger partial charge in [-0.1, -0.05) is 11.6 Å². The van der Waals surface area contributed by atoms with Gasteiger partial charge in [-0.05, 0) is 32.6 Å². The lowest BCUT2D eigenvalue weighted by Crippen LogP contribution is -2.16. The molecule has 1 fully saturated rings. The van der Waals surface area contributed by atoms with Crippen LogP contribution >= 0.6 is 11.6 Å². The van der Waals surface area contributed by atoms with Gasteiger partial charge in [0, 0.05) is 5.88 Å². The van der Waals surface area contributed by atoms with Crippen LogP contribution in [0.25, 0.3) is 0 Å². The first-order chi connectivity index (χ1) is 6.64. The molecule has 2 nitrogen and oxygen atoms in total. The lowest BCUT2D eigenvalue weighted by atomic mass is 10.00. The minimum absolute atomic E-state index is 0.0468. The average molecular weight is 217 g/mol. The summed E-state index contributed by atoms with van der Waals surface area (Å²) in [6.45, 7) is 2.00. The molecule has 0 aromatic heterocycles. The highest BCUT2D eigenvalue weighted by Gasteiger charge is 2.49. The Morgan fingerprint density at radius 2 is 2.21 bits per heavy atom. The van der Waals surface area contributed by atoms with Gasteiger partial charge in [0.1, 0.15) is 0 Å². The van der Waals surface area contributed by atoms with Crippen LogP contribution in [0.4, 0.5) is 0 Å². The van der Waals surface area contributed by atoms with E-state index in [1.54, 1.807) is 0 Å². The number of carbonyl (C=O) groups excluding carboxylic acids is 1. The first kappa shape index (κ1) is 11.6. The van der Waals surface area contributed by atoms with E-state index in [0.717, 1.165) is 25.7 Å². The zero-order valence-electron chi connectivity index (χ0n) is 8.81. The van der Waals surface area contributed by atoms with E-state index in [1.807, 2.05) is 6.92 Å². The quantitative estimate of drug-likeness (QED) is 0.401. The van der Waals surface area contributed by atoms with E-state index in [2.05, 4.69) is 6.08 Å². The topological polar surface area (TPSA) is 26.3 Å². The Hall–Kier alpha value is -0.500. The maximum Gasteiger partial charge on any atom is 0.311 e. The lowest BCUT2D eigenvalue weighted by molar-refractivity contribution is -0.147. The van der Waals surface area contributed by atoms with Gasteiger partial charge in [0.05, 0.1) is 12.5 Å². The Balaban J connectivity index is 2.35. The van der Waals surface area contributed by atoms with E-state index in [9.17, 15) is 4.79 Å². The Morgan fingerprint density at radius 1 is 1.57 bits per heavy atom. The van der Waals surface area contributed by atoms with Crippen molar-refractivity contribution in [2.75, 3.05) is 13.0 Å². The predicted molar refractivity (Wildman–Crippen MR) is 57.4 cm³/mol. The van der Waals surface area contributed by atoms with Crippen LogP contribution in [0.1, 0.15) is 32.6 Å². The second kappa shape index (κ2) is 4.83. The third-order valence-electron chi connectivity index (χ3n) is 2.80. The van der Waals surface area contributed by atoms with E-state index in [0.29, 0.717) is 5.88 Å². The number of hydrogen-bond donors (Lipinski definition) is 0. The molecule has 0 atom stereocenters. The summed E-state index contributed by atoms with van der Waals surface area (Å²) in [5.74, 6) is 0.528. The number of carbonyl (C=O) groups is 1. The van der Waals surface area contributed by atoms with Gasteiger partial charge in [-0.15, -0.1) is 11.6 Å². The van der Waals surface area contributed by atoms with Crippen molar-refractivity contribution in [3.05, 3.63) is 11.6 Å². The van der Waals surface area contributed by atoms with Gasteiger partial charge >= 0.3 is 5.97 Å². The molecule has 14 heavy (non-hydrogen) atoms. The maximum absolute atomic E-state index is 11.4. The van der Waals surface area contributed by atoms with Crippen LogP contribution in [0.3, 0.4) is 0 Å². The summed E-state index contributed by atoms with van der Waals surface area (Å²) in [7, 11) is 1.46. The zero-order chi connectivity index (χ0) is 10.6. The van der Waals surface area contributed by atoms with Gasteiger partial charge in [0.2, 0.25) is 0 Å². The first-order valence-electron chi connectivity index (χ1n) is 4.94. The van der Waals surface area contributed by atoms with E-state index >= 15 is 0 Å². The summed E-state index contributed by atoms with van der Waals surface area (Å²) >= 11 is 5.65. The molecular weight excluding hydrogens is 200 g/mol. The fourth-order valence-corrected chi connectivity index (χ4v) is 1.68. The summed E-state index contributed by atoms with van der Waals surface area (Å²) < 4.78 is 4.78. The summed E-state index contributed by atoms with van der Waals surface area (Å²) in [5.41, 5.74) is 1.02. The SMILES string of the molecule is COC(=O)C1(CC/C=C(/C)CCl)CC1. The molecule has 0 saturated heterocycles. The fourth-order valence-electron chi connectivity index (χ4n) is 1.57. The normalized spacial score (nSPS) is 19.2. The van der Waals surface area contributed by atoms with Crippen LogP contribution in [0, 0.1) is 5.41 Å². The summed E-state index contributed by atoms with van der Waals surface area (Å²) in [6.07, 6.45) is 5.89. The van der Waals surface area contributed by atoms with E-state index < -0.39 is 0 Å². The number of rotatable bonds is 5. The largest absolute Gasteiger partial charge is 0.469 e. The Kier molecular flexibility index (Phi) is 3.99. The van der Waals surface area contributed by atoms with Crippen molar-refractivity contribution in [2.45, 2.75) is 32.6 Å². The number of hydrogen-bond acceptors (Lipinski definition) is 2. The molecule has 0 unspecified atom stereocenters. The number of esters is 1. The molecule has 0 aromatic carbocycles. The van der Waals surface area contributed by atoms with E-state index in [1.165, 1.54) is 12.7 Å². The molecule has 0 heterocycles. The molecule has 0 amide bonds. The van der Waals surface area contributed by atoms with Crippen LogP contribution in [-0.2, 0) is 9.53 Å². The second-order valence-corrected chi connectivity index (χ2v) is 4.26. The van der Waals surface area contributed by atoms with Gasteiger partial charge < -0.3 is 4.74 Å². The Bertz CT molecular complexity index is 242. The van der Waals surface area contributed by atoms with E-state index in [-0.39, 0.29) is 11.4 Å². The monoisotopic (exact) mass is 216 g/mol. The van der Waals surface area contributed by atoms with Crippen molar-refractivity contribution in [1.82, 2.24) is 0 Å². The second-order valence-electron chi connectivity index (χ2n) is 3.99. The molecule has 1 saturated carbocycles. The highest BCUT2D eigenvalue weighted by molar-refractivity contribution is 6.19. The number of halogens is 1. The molecule has 1 aliphatic rings. The molecule has 3 heteroatoms. The minimum Gasteiger partial charge on any atom is -0.469 e. The number of methoxy groups -OCH3 is 1. The third-order valence-corrected chi connectivity index (χ3v) is 3.22. The maximum atomic E-state index is 11.4. The lowest BCUT2D eigenvalue weighted by Gasteiger charge is -2.10. The van der Waals surface area contributed by atoms with Crippen LogP contribution < -0.4 is 0 Å². The smallest absolute Gasteiger partial charge is 0.311 e.